The summed E-state index contributed by atoms with van der Waals surface area (Å²) in [6.45, 7) is 0. The van der Waals surface area contributed by atoms with Gasteiger partial charge >= 0.3 is 5.97 Å². The number of hydrogen-bond acceptors (Lipinski definition) is 3. The minimum atomic E-state index is -0.979. The quantitative estimate of drug-likeness (QED) is 0.757. The maximum absolute atomic E-state index is 11.7. The van der Waals surface area contributed by atoms with Gasteiger partial charge in [-0.3, -0.25) is 9.78 Å². The predicted octanol–water partition coefficient (Wildman–Crippen LogP) is 2.65. The van der Waals surface area contributed by atoms with Crippen LogP contribution in [0.1, 0.15) is 32.6 Å². The molecule has 2 aromatic heterocycles. The van der Waals surface area contributed by atoms with E-state index < -0.39 is 5.97 Å². The van der Waals surface area contributed by atoms with E-state index in [9.17, 15) is 9.59 Å². The Morgan fingerprint density at radius 1 is 1.00 bits per heavy atom. The van der Waals surface area contributed by atoms with Crippen LogP contribution >= 0.6 is 0 Å². The zero-order chi connectivity index (χ0) is 16.9. The summed E-state index contributed by atoms with van der Waals surface area (Å²) in [4.78, 5) is 29.3. The molecule has 0 unspecified atom stereocenters. The molecule has 0 amide bonds. The Hall–Kier alpha value is -3.21. The van der Waals surface area contributed by atoms with Crippen molar-refractivity contribution in [3.8, 4) is 0 Å². The molecule has 120 valence electrons. The Kier molecular flexibility index (Phi) is 4.52. The molecule has 0 fully saturated rings. The van der Waals surface area contributed by atoms with Gasteiger partial charge in [0.1, 0.15) is 0 Å². The highest BCUT2D eigenvalue weighted by molar-refractivity contribution is 5.87. The molecule has 0 saturated heterocycles. The molecule has 0 radical (unpaired) electrons. The van der Waals surface area contributed by atoms with Crippen molar-refractivity contribution in [2.24, 2.45) is 0 Å². The standard InChI is InChI=1S/C19H16N2O3/c22-18-16(2-1-7-21-18)9-14-5-3-13(4-6-14)8-15-10-17(19(23)24)12-20-11-15/h1-7,10-12H,8-9H2,(H,21,22)(H,23,24). The zero-order valence-corrected chi connectivity index (χ0v) is 12.9. The molecule has 0 bridgehead atoms. The van der Waals surface area contributed by atoms with Crippen LogP contribution in [0.25, 0.3) is 0 Å². The van der Waals surface area contributed by atoms with Crippen LogP contribution in [-0.2, 0) is 12.8 Å². The molecular weight excluding hydrogens is 304 g/mol. The number of carbonyl (C=O) groups is 1. The number of aromatic amines is 1. The molecule has 0 saturated carbocycles. The number of nitrogens with one attached hydrogen (secondary N) is 1. The van der Waals surface area contributed by atoms with Crippen LogP contribution in [0.5, 0.6) is 0 Å². The fourth-order valence-corrected chi connectivity index (χ4v) is 2.53. The Balaban J connectivity index is 1.73. The van der Waals surface area contributed by atoms with E-state index in [-0.39, 0.29) is 11.1 Å². The molecular formula is C19H16N2O3. The molecule has 5 nitrogen and oxygen atoms in total. The van der Waals surface area contributed by atoms with Crippen LogP contribution in [0.15, 0.2) is 65.8 Å². The van der Waals surface area contributed by atoms with E-state index in [1.165, 1.54) is 6.20 Å². The van der Waals surface area contributed by atoms with Crippen molar-refractivity contribution in [2.75, 3.05) is 0 Å². The van der Waals surface area contributed by atoms with Crippen molar-refractivity contribution in [1.29, 1.82) is 0 Å². The molecule has 24 heavy (non-hydrogen) atoms. The first-order chi connectivity index (χ1) is 11.6. The van der Waals surface area contributed by atoms with E-state index in [1.54, 1.807) is 18.5 Å². The summed E-state index contributed by atoms with van der Waals surface area (Å²) < 4.78 is 0. The lowest BCUT2D eigenvalue weighted by Crippen LogP contribution is -2.11. The van der Waals surface area contributed by atoms with Crippen LogP contribution in [-0.4, -0.2) is 21.0 Å². The van der Waals surface area contributed by atoms with E-state index in [4.69, 9.17) is 5.11 Å². The first-order valence-corrected chi connectivity index (χ1v) is 7.53. The highest BCUT2D eigenvalue weighted by Gasteiger charge is 2.05. The van der Waals surface area contributed by atoms with E-state index >= 15 is 0 Å². The number of carboxylic acids is 1. The SMILES string of the molecule is O=C(O)c1cncc(Cc2ccc(Cc3ccc[nH]c3=O)cc2)c1. The van der Waals surface area contributed by atoms with Gasteiger partial charge in [-0.05, 0) is 35.2 Å². The number of nitrogens with zero attached hydrogens (tertiary/aromatic N) is 1. The van der Waals surface area contributed by atoms with E-state index in [0.717, 1.165) is 22.3 Å². The van der Waals surface area contributed by atoms with Gasteiger partial charge < -0.3 is 10.1 Å². The Bertz CT molecular complexity index is 914. The Morgan fingerprint density at radius 2 is 1.71 bits per heavy atom. The molecule has 0 aliphatic heterocycles. The minimum Gasteiger partial charge on any atom is -0.478 e. The van der Waals surface area contributed by atoms with Crippen molar-refractivity contribution in [1.82, 2.24) is 9.97 Å². The molecule has 5 heteroatoms. The number of pyridine rings is 2. The highest BCUT2D eigenvalue weighted by Crippen LogP contribution is 2.13. The average molecular weight is 320 g/mol. The maximum atomic E-state index is 11.7. The number of aromatic carboxylic acids is 1. The van der Waals surface area contributed by atoms with Crippen molar-refractivity contribution >= 4 is 5.97 Å². The second-order valence-corrected chi connectivity index (χ2v) is 5.58. The van der Waals surface area contributed by atoms with Gasteiger partial charge in [0.2, 0.25) is 0 Å². The molecule has 2 N–H and O–H groups in total. The fourth-order valence-electron chi connectivity index (χ4n) is 2.53. The molecule has 0 spiro atoms. The second-order valence-electron chi connectivity index (χ2n) is 5.58. The summed E-state index contributed by atoms with van der Waals surface area (Å²) in [6, 6.07) is 13.2. The fraction of sp³-hybridized carbons (Fsp3) is 0.105. The van der Waals surface area contributed by atoms with Crippen molar-refractivity contribution in [3.05, 3.63) is 99.2 Å². The first-order valence-electron chi connectivity index (χ1n) is 7.53. The molecule has 0 aliphatic carbocycles. The molecule has 0 aliphatic rings. The molecule has 1 aromatic carbocycles. The van der Waals surface area contributed by atoms with Gasteiger partial charge in [-0.15, -0.1) is 0 Å². The largest absolute Gasteiger partial charge is 0.478 e. The number of aromatic nitrogens is 2. The van der Waals surface area contributed by atoms with Gasteiger partial charge in [-0.25, -0.2) is 4.79 Å². The highest BCUT2D eigenvalue weighted by atomic mass is 16.4. The molecule has 3 aromatic rings. The van der Waals surface area contributed by atoms with Gasteiger partial charge in [0.25, 0.3) is 5.56 Å². The molecule has 3 rings (SSSR count). The second kappa shape index (κ2) is 6.91. The lowest BCUT2D eigenvalue weighted by Gasteiger charge is -2.05. The topological polar surface area (TPSA) is 83.0 Å². The monoisotopic (exact) mass is 320 g/mol. The van der Waals surface area contributed by atoms with Crippen LogP contribution in [0.2, 0.25) is 0 Å². The molecule has 2 heterocycles. The number of rotatable bonds is 5. The number of hydrogen-bond donors (Lipinski definition) is 2. The summed E-state index contributed by atoms with van der Waals surface area (Å²) >= 11 is 0. The third-order valence-corrected chi connectivity index (χ3v) is 3.77. The zero-order valence-electron chi connectivity index (χ0n) is 12.9. The summed E-state index contributed by atoms with van der Waals surface area (Å²) in [7, 11) is 0. The minimum absolute atomic E-state index is 0.0712. The van der Waals surface area contributed by atoms with E-state index in [0.29, 0.717) is 12.8 Å². The Labute approximate surface area is 138 Å². The summed E-state index contributed by atoms with van der Waals surface area (Å²) in [5.74, 6) is -0.979. The predicted molar refractivity (Wildman–Crippen MR) is 90.3 cm³/mol. The lowest BCUT2D eigenvalue weighted by atomic mass is 10.0. The van der Waals surface area contributed by atoms with Crippen LogP contribution in [0.4, 0.5) is 0 Å². The maximum Gasteiger partial charge on any atom is 0.337 e. The summed E-state index contributed by atoms with van der Waals surface area (Å²) in [5, 5.41) is 9.01. The van der Waals surface area contributed by atoms with E-state index in [2.05, 4.69) is 9.97 Å². The van der Waals surface area contributed by atoms with Crippen LogP contribution in [0, 0.1) is 0 Å². The van der Waals surface area contributed by atoms with Crippen LogP contribution in [0.3, 0.4) is 0 Å². The smallest absolute Gasteiger partial charge is 0.337 e. The number of carboxylic acid groups (broad SMARTS) is 1. The van der Waals surface area contributed by atoms with Crippen molar-refractivity contribution < 1.29 is 9.90 Å². The first kappa shape index (κ1) is 15.7. The van der Waals surface area contributed by atoms with Crippen LogP contribution < -0.4 is 5.56 Å². The van der Waals surface area contributed by atoms with Gasteiger partial charge in [0.15, 0.2) is 0 Å². The van der Waals surface area contributed by atoms with Gasteiger partial charge in [-0.2, -0.15) is 0 Å². The lowest BCUT2D eigenvalue weighted by molar-refractivity contribution is 0.0696. The van der Waals surface area contributed by atoms with Gasteiger partial charge in [-0.1, -0.05) is 30.3 Å². The summed E-state index contributed by atoms with van der Waals surface area (Å²) in [5.41, 5.74) is 3.80. The third kappa shape index (κ3) is 3.76. The van der Waals surface area contributed by atoms with Crippen molar-refractivity contribution in [2.45, 2.75) is 12.8 Å². The molecule has 0 atom stereocenters. The van der Waals surface area contributed by atoms with Gasteiger partial charge in [0.05, 0.1) is 5.56 Å². The normalized spacial score (nSPS) is 10.5. The number of benzene rings is 1. The summed E-state index contributed by atoms with van der Waals surface area (Å²) in [6.07, 6.45) is 5.82. The van der Waals surface area contributed by atoms with E-state index in [1.807, 2.05) is 36.4 Å². The number of H-pyrrole nitrogens is 1. The average Bonchev–Trinajstić information content (AvgIpc) is 2.59. The van der Waals surface area contributed by atoms with Gasteiger partial charge in [0, 0.05) is 30.6 Å². The van der Waals surface area contributed by atoms with Crippen molar-refractivity contribution in [3.63, 3.8) is 0 Å². The Morgan fingerprint density at radius 3 is 2.38 bits per heavy atom. The third-order valence-electron chi connectivity index (χ3n) is 3.77.